The smallest absolute Gasteiger partial charge is 0.264 e. The SMILES string of the molecule is CCCCNC(=O)[C@@H](CC)N(Cc1ccc(F)cc1)C(=O)CN(c1ccc(Cl)cc1)S(=O)(=O)c1ccc(OC)cc1. The van der Waals surface area contributed by atoms with Gasteiger partial charge in [0, 0.05) is 18.1 Å². The largest absolute Gasteiger partial charge is 0.497 e. The third-order valence-electron chi connectivity index (χ3n) is 6.52. The normalized spacial score (nSPS) is 11.9. The van der Waals surface area contributed by atoms with E-state index in [9.17, 15) is 22.4 Å². The molecule has 0 aliphatic carbocycles. The molecule has 11 heteroatoms. The van der Waals surface area contributed by atoms with Gasteiger partial charge in [-0.15, -0.1) is 0 Å². The fraction of sp³-hybridized carbons (Fsp3) is 0.333. The van der Waals surface area contributed by atoms with Gasteiger partial charge in [-0.3, -0.25) is 13.9 Å². The monoisotopic (exact) mass is 603 g/mol. The fourth-order valence-electron chi connectivity index (χ4n) is 4.22. The Hall–Kier alpha value is -3.63. The van der Waals surface area contributed by atoms with Crippen LogP contribution in [0.2, 0.25) is 5.02 Å². The lowest BCUT2D eigenvalue weighted by molar-refractivity contribution is -0.140. The van der Waals surface area contributed by atoms with E-state index in [1.54, 1.807) is 6.92 Å². The van der Waals surface area contributed by atoms with Gasteiger partial charge in [0.1, 0.15) is 24.2 Å². The van der Waals surface area contributed by atoms with Crippen molar-refractivity contribution in [3.63, 3.8) is 0 Å². The Bertz CT molecular complexity index is 1400. The highest BCUT2D eigenvalue weighted by molar-refractivity contribution is 7.92. The Morgan fingerprint density at radius 1 is 0.976 bits per heavy atom. The van der Waals surface area contributed by atoms with E-state index in [1.807, 2.05) is 6.92 Å². The lowest BCUT2D eigenvalue weighted by Gasteiger charge is -2.33. The van der Waals surface area contributed by atoms with Crippen LogP contribution in [0.3, 0.4) is 0 Å². The molecule has 0 aromatic heterocycles. The summed E-state index contributed by atoms with van der Waals surface area (Å²) in [6.45, 7) is 3.63. The molecule has 3 aromatic rings. The number of anilines is 1. The molecular weight excluding hydrogens is 569 g/mol. The van der Waals surface area contributed by atoms with Gasteiger partial charge in [0.15, 0.2) is 0 Å². The molecule has 3 rings (SSSR count). The summed E-state index contributed by atoms with van der Waals surface area (Å²) < 4.78 is 47.5. The zero-order valence-corrected chi connectivity index (χ0v) is 24.9. The summed E-state index contributed by atoms with van der Waals surface area (Å²) in [4.78, 5) is 28.5. The van der Waals surface area contributed by atoms with Crippen molar-refractivity contribution in [1.82, 2.24) is 10.2 Å². The maximum absolute atomic E-state index is 14.0. The number of halogens is 2. The number of ether oxygens (including phenoxy) is 1. The van der Waals surface area contributed by atoms with E-state index >= 15 is 0 Å². The van der Waals surface area contributed by atoms with Crippen LogP contribution in [0.1, 0.15) is 38.7 Å². The predicted molar refractivity (Wildman–Crippen MR) is 158 cm³/mol. The first-order valence-corrected chi connectivity index (χ1v) is 15.2. The summed E-state index contributed by atoms with van der Waals surface area (Å²) in [5.41, 5.74) is 0.816. The van der Waals surface area contributed by atoms with Crippen molar-refractivity contribution >= 4 is 39.1 Å². The number of hydrogen-bond donors (Lipinski definition) is 1. The zero-order valence-electron chi connectivity index (χ0n) is 23.3. The fourth-order valence-corrected chi connectivity index (χ4v) is 5.76. The average Bonchev–Trinajstić information content (AvgIpc) is 2.97. The van der Waals surface area contributed by atoms with Crippen LogP contribution in [0.25, 0.3) is 0 Å². The zero-order chi connectivity index (χ0) is 30.0. The van der Waals surface area contributed by atoms with Gasteiger partial charge in [0.25, 0.3) is 10.0 Å². The van der Waals surface area contributed by atoms with E-state index < -0.39 is 34.3 Å². The van der Waals surface area contributed by atoms with Gasteiger partial charge in [-0.25, -0.2) is 12.8 Å². The number of nitrogens with one attached hydrogen (secondary N) is 1. The molecule has 41 heavy (non-hydrogen) atoms. The first-order valence-electron chi connectivity index (χ1n) is 13.3. The molecule has 0 radical (unpaired) electrons. The molecule has 0 saturated carbocycles. The highest BCUT2D eigenvalue weighted by Crippen LogP contribution is 2.27. The Balaban J connectivity index is 2.02. The van der Waals surface area contributed by atoms with Crippen LogP contribution >= 0.6 is 11.6 Å². The van der Waals surface area contributed by atoms with Crippen molar-refractivity contribution in [3.8, 4) is 5.75 Å². The number of nitrogens with zero attached hydrogens (tertiary/aromatic N) is 2. The van der Waals surface area contributed by atoms with E-state index in [2.05, 4.69) is 5.32 Å². The van der Waals surface area contributed by atoms with Crippen molar-refractivity contribution in [2.24, 2.45) is 0 Å². The summed E-state index contributed by atoms with van der Waals surface area (Å²) in [6, 6.07) is 16.6. The summed E-state index contributed by atoms with van der Waals surface area (Å²) in [7, 11) is -2.76. The molecule has 0 spiro atoms. The Kier molecular flexibility index (Phi) is 11.5. The van der Waals surface area contributed by atoms with Crippen LogP contribution in [0, 0.1) is 5.82 Å². The number of carbonyl (C=O) groups is 2. The molecule has 2 amide bonds. The van der Waals surface area contributed by atoms with Gasteiger partial charge >= 0.3 is 0 Å². The minimum atomic E-state index is -4.23. The third-order valence-corrected chi connectivity index (χ3v) is 8.56. The summed E-state index contributed by atoms with van der Waals surface area (Å²) in [5.74, 6) is -0.898. The van der Waals surface area contributed by atoms with Crippen LogP contribution in [-0.4, -0.2) is 51.4 Å². The second-order valence-electron chi connectivity index (χ2n) is 9.38. The van der Waals surface area contributed by atoms with Crippen LogP contribution in [-0.2, 0) is 26.2 Å². The van der Waals surface area contributed by atoms with Gasteiger partial charge in [-0.1, -0.05) is 44.0 Å². The van der Waals surface area contributed by atoms with Gasteiger partial charge < -0.3 is 15.0 Å². The molecule has 0 heterocycles. The number of amides is 2. The molecule has 0 saturated heterocycles. The van der Waals surface area contributed by atoms with Crippen LogP contribution in [0.15, 0.2) is 77.7 Å². The second kappa shape index (κ2) is 14.8. The first kappa shape index (κ1) is 31.9. The lowest BCUT2D eigenvalue weighted by Crippen LogP contribution is -2.52. The number of carbonyl (C=O) groups excluding carboxylic acids is 2. The second-order valence-corrected chi connectivity index (χ2v) is 11.7. The highest BCUT2D eigenvalue weighted by atomic mass is 35.5. The van der Waals surface area contributed by atoms with Crippen molar-refractivity contribution in [1.29, 1.82) is 0 Å². The Labute approximate surface area is 246 Å². The topological polar surface area (TPSA) is 96.0 Å². The number of methoxy groups -OCH3 is 1. The van der Waals surface area contributed by atoms with Crippen molar-refractivity contribution in [3.05, 3.63) is 89.2 Å². The molecule has 0 aliphatic heterocycles. The first-order chi connectivity index (χ1) is 19.6. The van der Waals surface area contributed by atoms with E-state index in [1.165, 1.54) is 84.8 Å². The summed E-state index contributed by atoms with van der Waals surface area (Å²) >= 11 is 6.06. The van der Waals surface area contributed by atoms with Crippen molar-refractivity contribution < 1.29 is 27.1 Å². The number of sulfonamides is 1. The maximum atomic E-state index is 14.0. The molecule has 1 atom stereocenters. The van der Waals surface area contributed by atoms with Crippen LogP contribution in [0.4, 0.5) is 10.1 Å². The highest BCUT2D eigenvalue weighted by Gasteiger charge is 2.33. The van der Waals surface area contributed by atoms with Gasteiger partial charge in [0.2, 0.25) is 11.8 Å². The molecule has 8 nitrogen and oxygen atoms in total. The van der Waals surface area contributed by atoms with Gasteiger partial charge in [0.05, 0.1) is 17.7 Å². The Morgan fingerprint density at radius 2 is 1.61 bits per heavy atom. The molecule has 1 N–H and O–H groups in total. The third kappa shape index (κ3) is 8.43. The van der Waals surface area contributed by atoms with Gasteiger partial charge in [-0.2, -0.15) is 0 Å². The molecule has 3 aromatic carbocycles. The molecular formula is C30H35ClFN3O5S. The van der Waals surface area contributed by atoms with E-state index in [0.717, 1.165) is 17.1 Å². The van der Waals surface area contributed by atoms with Crippen LogP contribution in [0.5, 0.6) is 5.75 Å². The molecule has 0 aliphatic rings. The van der Waals surface area contributed by atoms with E-state index in [0.29, 0.717) is 22.9 Å². The molecule has 220 valence electrons. The van der Waals surface area contributed by atoms with E-state index in [-0.39, 0.29) is 29.5 Å². The predicted octanol–water partition coefficient (Wildman–Crippen LogP) is 5.41. The minimum Gasteiger partial charge on any atom is -0.497 e. The number of hydrogen-bond acceptors (Lipinski definition) is 5. The minimum absolute atomic E-state index is 0.0180. The van der Waals surface area contributed by atoms with Gasteiger partial charge in [-0.05, 0) is 79.1 Å². The quantitative estimate of drug-likeness (QED) is 0.249. The van der Waals surface area contributed by atoms with Crippen molar-refractivity contribution in [2.45, 2.75) is 50.6 Å². The molecule has 0 bridgehead atoms. The average molecular weight is 604 g/mol. The van der Waals surface area contributed by atoms with Crippen molar-refractivity contribution in [2.75, 3.05) is 24.5 Å². The summed E-state index contributed by atoms with van der Waals surface area (Å²) in [5, 5.41) is 3.27. The standard InChI is InChI=1S/C30H35ClFN3O5S/c1-4-6-19-33-30(37)28(5-2)34(20-22-7-11-24(32)12-8-22)29(36)21-35(25-13-9-23(31)10-14-25)41(38,39)27-17-15-26(40-3)16-18-27/h7-18,28H,4-6,19-21H2,1-3H3,(H,33,37)/t28-/m1/s1. The Morgan fingerprint density at radius 3 is 2.17 bits per heavy atom. The van der Waals surface area contributed by atoms with E-state index in [4.69, 9.17) is 16.3 Å². The van der Waals surface area contributed by atoms with Crippen LogP contribution < -0.4 is 14.4 Å². The lowest BCUT2D eigenvalue weighted by atomic mass is 10.1. The number of unbranched alkanes of at least 4 members (excludes halogenated alkanes) is 1. The molecule has 0 unspecified atom stereocenters. The maximum Gasteiger partial charge on any atom is 0.264 e. The summed E-state index contributed by atoms with van der Waals surface area (Å²) in [6.07, 6.45) is 1.95. The number of benzene rings is 3. The molecule has 0 fully saturated rings. The number of rotatable bonds is 14.